The first-order chi connectivity index (χ1) is 5.61. The Kier molecular flexibility index (Phi) is 5.44. The molecule has 0 atom stereocenters. The lowest BCUT2D eigenvalue weighted by molar-refractivity contribution is 1.01. The lowest BCUT2D eigenvalue weighted by atomic mass is 10.0. The standard InChI is InChI=1S/C12H20/c1-6-8-12(7-2)9-11(5)10(3)4/h6-7H,1,8-9H2,2-5H3. The Balaban J connectivity index is 4.23. The maximum atomic E-state index is 3.74. The summed E-state index contributed by atoms with van der Waals surface area (Å²) < 4.78 is 0. The van der Waals surface area contributed by atoms with Gasteiger partial charge in [-0.15, -0.1) is 6.58 Å². The SMILES string of the molecule is C=CCC(=CC)CC(C)=C(C)C. The van der Waals surface area contributed by atoms with Gasteiger partial charge in [-0.1, -0.05) is 28.9 Å². The van der Waals surface area contributed by atoms with E-state index in [0.29, 0.717) is 0 Å². The van der Waals surface area contributed by atoms with Crippen molar-refractivity contribution in [3.05, 3.63) is 35.5 Å². The molecule has 68 valence electrons. The third-order valence-electron chi connectivity index (χ3n) is 2.16. The summed E-state index contributed by atoms with van der Waals surface area (Å²) in [5.74, 6) is 0. The second-order valence-electron chi connectivity index (χ2n) is 3.40. The van der Waals surface area contributed by atoms with Crippen LogP contribution in [0, 0.1) is 0 Å². The van der Waals surface area contributed by atoms with Gasteiger partial charge in [0.1, 0.15) is 0 Å². The van der Waals surface area contributed by atoms with E-state index in [4.69, 9.17) is 0 Å². The lowest BCUT2D eigenvalue weighted by Crippen LogP contribution is -1.86. The quantitative estimate of drug-likeness (QED) is 0.545. The van der Waals surface area contributed by atoms with Gasteiger partial charge in [-0.25, -0.2) is 0 Å². The first-order valence-electron chi connectivity index (χ1n) is 4.49. The van der Waals surface area contributed by atoms with Crippen LogP contribution in [0.15, 0.2) is 35.5 Å². The second kappa shape index (κ2) is 5.82. The van der Waals surface area contributed by atoms with Crippen LogP contribution in [0.25, 0.3) is 0 Å². The molecule has 0 amide bonds. The fraction of sp³-hybridized carbons (Fsp3) is 0.500. The predicted octanol–water partition coefficient (Wildman–Crippen LogP) is 4.26. The zero-order valence-corrected chi connectivity index (χ0v) is 8.78. The van der Waals surface area contributed by atoms with Gasteiger partial charge in [-0.05, 0) is 40.5 Å². The molecule has 0 aromatic rings. The smallest absolute Gasteiger partial charge is 0.0106 e. The van der Waals surface area contributed by atoms with E-state index in [1.807, 2.05) is 6.08 Å². The Hall–Kier alpha value is -0.780. The molecule has 0 aliphatic carbocycles. The van der Waals surface area contributed by atoms with Gasteiger partial charge >= 0.3 is 0 Å². The molecule has 0 nitrogen and oxygen atoms in total. The fourth-order valence-corrected chi connectivity index (χ4v) is 0.995. The molecule has 0 rings (SSSR count). The van der Waals surface area contributed by atoms with Gasteiger partial charge in [0.15, 0.2) is 0 Å². The number of allylic oxidation sites excluding steroid dienone is 5. The molecule has 0 fully saturated rings. The van der Waals surface area contributed by atoms with Crippen molar-refractivity contribution in [1.29, 1.82) is 0 Å². The van der Waals surface area contributed by atoms with Gasteiger partial charge in [0.25, 0.3) is 0 Å². The molecule has 0 unspecified atom stereocenters. The van der Waals surface area contributed by atoms with E-state index < -0.39 is 0 Å². The van der Waals surface area contributed by atoms with E-state index in [2.05, 4.69) is 40.3 Å². The van der Waals surface area contributed by atoms with Crippen LogP contribution in [0.3, 0.4) is 0 Å². The highest BCUT2D eigenvalue weighted by Crippen LogP contribution is 2.16. The molecular weight excluding hydrogens is 144 g/mol. The van der Waals surface area contributed by atoms with Gasteiger partial charge in [-0.2, -0.15) is 0 Å². The Morgan fingerprint density at radius 2 is 1.83 bits per heavy atom. The van der Waals surface area contributed by atoms with Crippen LogP contribution in [-0.4, -0.2) is 0 Å². The Morgan fingerprint density at radius 1 is 1.25 bits per heavy atom. The number of hydrogen-bond acceptors (Lipinski definition) is 0. The normalized spacial score (nSPS) is 11.2. The van der Waals surface area contributed by atoms with Crippen LogP contribution in [0.4, 0.5) is 0 Å². The molecule has 0 aromatic heterocycles. The maximum absolute atomic E-state index is 3.74. The molecule has 0 aliphatic heterocycles. The summed E-state index contributed by atoms with van der Waals surface area (Å²) in [6.45, 7) is 12.4. The van der Waals surface area contributed by atoms with E-state index in [9.17, 15) is 0 Å². The topological polar surface area (TPSA) is 0 Å². The Bertz CT molecular complexity index is 200. The van der Waals surface area contributed by atoms with Crippen LogP contribution in [-0.2, 0) is 0 Å². The molecule has 0 N–H and O–H groups in total. The van der Waals surface area contributed by atoms with Gasteiger partial charge in [0, 0.05) is 0 Å². The van der Waals surface area contributed by atoms with E-state index >= 15 is 0 Å². The molecule has 0 bridgehead atoms. The van der Waals surface area contributed by atoms with Crippen molar-refractivity contribution >= 4 is 0 Å². The zero-order valence-electron chi connectivity index (χ0n) is 8.78. The summed E-state index contributed by atoms with van der Waals surface area (Å²) in [5.41, 5.74) is 4.37. The average molecular weight is 164 g/mol. The summed E-state index contributed by atoms with van der Waals surface area (Å²) >= 11 is 0. The summed E-state index contributed by atoms with van der Waals surface area (Å²) in [6.07, 6.45) is 6.27. The monoisotopic (exact) mass is 164 g/mol. The zero-order chi connectivity index (χ0) is 9.56. The molecule has 0 heteroatoms. The highest BCUT2D eigenvalue weighted by Gasteiger charge is 1.96. The fourth-order valence-electron chi connectivity index (χ4n) is 0.995. The largest absolute Gasteiger partial charge is 0.103 e. The first-order valence-corrected chi connectivity index (χ1v) is 4.49. The molecule has 0 spiro atoms. The van der Waals surface area contributed by atoms with Crippen molar-refractivity contribution in [1.82, 2.24) is 0 Å². The van der Waals surface area contributed by atoms with Crippen LogP contribution in [0.5, 0.6) is 0 Å². The minimum Gasteiger partial charge on any atom is -0.103 e. The van der Waals surface area contributed by atoms with Crippen LogP contribution < -0.4 is 0 Å². The van der Waals surface area contributed by atoms with Gasteiger partial charge < -0.3 is 0 Å². The molecule has 12 heavy (non-hydrogen) atoms. The van der Waals surface area contributed by atoms with E-state index in [-0.39, 0.29) is 0 Å². The summed E-state index contributed by atoms with van der Waals surface area (Å²) in [7, 11) is 0. The third-order valence-corrected chi connectivity index (χ3v) is 2.16. The van der Waals surface area contributed by atoms with Crippen LogP contribution in [0.2, 0.25) is 0 Å². The minimum atomic E-state index is 1.02. The van der Waals surface area contributed by atoms with E-state index in [0.717, 1.165) is 12.8 Å². The maximum Gasteiger partial charge on any atom is -0.0106 e. The molecule has 0 saturated carbocycles. The van der Waals surface area contributed by atoms with Crippen molar-refractivity contribution in [3.8, 4) is 0 Å². The molecule has 0 heterocycles. The van der Waals surface area contributed by atoms with Gasteiger partial charge in [-0.3, -0.25) is 0 Å². The summed E-state index contributed by atoms with van der Waals surface area (Å²) in [6, 6.07) is 0. The highest BCUT2D eigenvalue weighted by atomic mass is 14.0. The first kappa shape index (κ1) is 11.2. The average Bonchev–Trinajstić information content (AvgIpc) is 2.03. The third kappa shape index (κ3) is 4.17. The summed E-state index contributed by atoms with van der Waals surface area (Å²) in [5, 5.41) is 0. The second-order valence-corrected chi connectivity index (χ2v) is 3.40. The van der Waals surface area contributed by atoms with Crippen molar-refractivity contribution in [2.45, 2.75) is 40.5 Å². The van der Waals surface area contributed by atoms with E-state index in [1.54, 1.807) is 0 Å². The Morgan fingerprint density at radius 3 is 2.17 bits per heavy atom. The minimum absolute atomic E-state index is 1.02. The molecular formula is C12H20. The Labute approximate surface area is 76.7 Å². The number of rotatable bonds is 4. The van der Waals surface area contributed by atoms with Crippen molar-refractivity contribution < 1.29 is 0 Å². The molecule has 0 aromatic carbocycles. The van der Waals surface area contributed by atoms with E-state index in [1.165, 1.54) is 16.7 Å². The van der Waals surface area contributed by atoms with Crippen LogP contribution in [0.1, 0.15) is 40.5 Å². The predicted molar refractivity (Wildman–Crippen MR) is 57.2 cm³/mol. The highest BCUT2D eigenvalue weighted by molar-refractivity contribution is 5.18. The van der Waals surface area contributed by atoms with Crippen molar-refractivity contribution in [3.63, 3.8) is 0 Å². The van der Waals surface area contributed by atoms with Crippen LogP contribution >= 0.6 is 0 Å². The van der Waals surface area contributed by atoms with Crippen molar-refractivity contribution in [2.24, 2.45) is 0 Å². The lowest BCUT2D eigenvalue weighted by Gasteiger charge is -2.06. The number of hydrogen-bond donors (Lipinski definition) is 0. The van der Waals surface area contributed by atoms with Crippen molar-refractivity contribution in [2.75, 3.05) is 0 Å². The molecule has 0 saturated heterocycles. The summed E-state index contributed by atoms with van der Waals surface area (Å²) in [4.78, 5) is 0. The molecule has 0 aliphatic rings. The molecule has 0 radical (unpaired) electrons. The van der Waals surface area contributed by atoms with Gasteiger partial charge in [0.05, 0.1) is 0 Å². The van der Waals surface area contributed by atoms with Gasteiger partial charge in [0.2, 0.25) is 0 Å².